The van der Waals surface area contributed by atoms with Crippen LogP contribution in [0.15, 0.2) is 24.5 Å². The van der Waals surface area contributed by atoms with Gasteiger partial charge in [-0.2, -0.15) is 0 Å². The number of nitrogens with two attached hydrogens (primary N) is 1. The van der Waals surface area contributed by atoms with Crippen LogP contribution in [-0.4, -0.2) is 9.97 Å². The van der Waals surface area contributed by atoms with Gasteiger partial charge >= 0.3 is 0 Å². The van der Waals surface area contributed by atoms with E-state index in [4.69, 9.17) is 18.0 Å². The third-order valence-electron chi connectivity index (χ3n) is 1.68. The maximum Gasteiger partial charge on any atom is 0.137 e. The second-order valence-electron chi connectivity index (χ2n) is 2.51. The van der Waals surface area contributed by atoms with Gasteiger partial charge in [0, 0.05) is 16.6 Å². The van der Waals surface area contributed by atoms with Crippen molar-refractivity contribution in [1.82, 2.24) is 9.97 Å². The van der Waals surface area contributed by atoms with Gasteiger partial charge in [-0.05, 0) is 18.2 Å². The van der Waals surface area contributed by atoms with E-state index >= 15 is 0 Å². The predicted octanol–water partition coefficient (Wildman–Crippen LogP) is 1.87. The maximum absolute atomic E-state index is 5.60. The lowest BCUT2D eigenvalue weighted by Gasteiger charge is -1.97. The summed E-state index contributed by atoms with van der Waals surface area (Å²) < 4.78 is 0.580. The van der Waals surface area contributed by atoms with Crippen LogP contribution in [0.1, 0.15) is 0 Å². The van der Waals surface area contributed by atoms with E-state index in [1.54, 1.807) is 6.33 Å². The van der Waals surface area contributed by atoms with Gasteiger partial charge in [-0.15, -0.1) is 0 Å². The van der Waals surface area contributed by atoms with Crippen molar-refractivity contribution in [1.29, 1.82) is 0 Å². The number of anilines is 1. The molecule has 1 heterocycles. The van der Waals surface area contributed by atoms with E-state index in [0.29, 0.717) is 10.3 Å². The van der Waals surface area contributed by atoms with E-state index in [-0.39, 0.29) is 0 Å². The third-order valence-corrected chi connectivity index (χ3v) is 2.00. The molecule has 2 aromatic rings. The first kappa shape index (κ1) is 7.24. The third kappa shape index (κ3) is 1.06. The van der Waals surface area contributed by atoms with Gasteiger partial charge in [0.2, 0.25) is 0 Å². The van der Waals surface area contributed by atoms with Gasteiger partial charge in [-0.1, -0.05) is 12.2 Å². The van der Waals surface area contributed by atoms with Crippen LogP contribution in [0.4, 0.5) is 5.69 Å². The Balaban J connectivity index is 2.98. The van der Waals surface area contributed by atoms with E-state index in [9.17, 15) is 0 Å². The fraction of sp³-hybridized carbons (Fsp3) is 0. The van der Waals surface area contributed by atoms with Crippen LogP contribution in [-0.2, 0) is 0 Å². The number of nitrogen functional groups attached to an aromatic ring is 1. The van der Waals surface area contributed by atoms with E-state index in [1.165, 1.54) is 0 Å². The number of H-pyrrole nitrogens is 1. The highest BCUT2D eigenvalue weighted by Crippen LogP contribution is 2.14. The molecule has 1 aromatic carbocycles. The standard InChI is InChI=1S/C8H7N3S/c9-5-1-2-7-6(3-5)8(12)11-4-10-7/h1-4H,9H2,(H,10,11,12). The molecule has 3 N–H and O–H groups in total. The molecule has 1 aromatic heterocycles. The zero-order chi connectivity index (χ0) is 8.55. The summed E-state index contributed by atoms with van der Waals surface area (Å²) in [4.78, 5) is 6.94. The Bertz CT molecular complexity index is 475. The molecule has 4 heteroatoms. The Morgan fingerprint density at radius 3 is 3.08 bits per heavy atom. The number of nitrogens with one attached hydrogen (secondary N) is 1. The summed E-state index contributed by atoms with van der Waals surface area (Å²) in [5.74, 6) is 0. The van der Waals surface area contributed by atoms with E-state index < -0.39 is 0 Å². The van der Waals surface area contributed by atoms with Crippen LogP contribution >= 0.6 is 12.2 Å². The number of fused-ring (bicyclic) bond motifs is 1. The Hall–Kier alpha value is -1.42. The minimum atomic E-state index is 0.580. The fourth-order valence-electron chi connectivity index (χ4n) is 1.09. The number of rotatable bonds is 0. The molecule has 0 fully saturated rings. The Morgan fingerprint density at radius 2 is 2.25 bits per heavy atom. The molecule has 0 aliphatic rings. The smallest absolute Gasteiger partial charge is 0.137 e. The molecule has 60 valence electrons. The number of aromatic amines is 1. The van der Waals surface area contributed by atoms with Crippen molar-refractivity contribution in [2.45, 2.75) is 0 Å². The molecule has 0 radical (unpaired) electrons. The highest BCUT2D eigenvalue weighted by Gasteiger charge is 1.94. The van der Waals surface area contributed by atoms with E-state index in [2.05, 4.69) is 9.97 Å². The Morgan fingerprint density at radius 1 is 1.42 bits per heavy atom. The van der Waals surface area contributed by atoms with Crippen molar-refractivity contribution in [3.8, 4) is 0 Å². The first-order valence-electron chi connectivity index (χ1n) is 3.50. The molecular weight excluding hydrogens is 170 g/mol. The molecule has 0 spiro atoms. The number of aromatic nitrogens is 2. The lowest BCUT2D eigenvalue weighted by Crippen LogP contribution is -1.87. The van der Waals surface area contributed by atoms with Crippen LogP contribution in [0.3, 0.4) is 0 Å². The SMILES string of the molecule is Nc1ccc2[nH]cnc(=S)c2c1. The van der Waals surface area contributed by atoms with Gasteiger partial charge in [-0.25, -0.2) is 4.98 Å². The molecule has 0 unspecified atom stereocenters. The zero-order valence-electron chi connectivity index (χ0n) is 6.24. The molecule has 0 aliphatic carbocycles. The summed E-state index contributed by atoms with van der Waals surface area (Å²) in [6.07, 6.45) is 1.58. The molecule has 3 nitrogen and oxygen atoms in total. The normalized spacial score (nSPS) is 10.3. The summed E-state index contributed by atoms with van der Waals surface area (Å²) >= 11 is 5.03. The summed E-state index contributed by atoms with van der Waals surface area (Å²) in [7, 11) is 0. The lowest BCUT2D eigenvalue weighted by molar-refractivity contribution is 1.21. The quantitative estimate of drug-likeness (QED) is 0.477. The summed E-state index contributed by atoms with van der Waals surface area (Å²) in [5, 5.41) is 0.896. The van der Waals surface area contributed by atoms with Gasteiger partial charge in [0.25, 0.3) is 0 Å². The molecule has 0 aliphatic heterocycles. The number of benzene rings is 1. The largest absolute Gasteiger partial charge is 0.399 e. The van der Waals surface area contributed by atoms with Crippen molar-refractivity contribution in [3.05, 3.63) is 29.2 Å². The zero-order valence-corrected chi connectivity index (χ0v) is 7.06. The molecule has 12 heavy (non-hydrogen) atoms. The second kappa shape index (κ2) is 2.57. The Kier molecular flexibility index (Phi) is 1.55. The van der Waals surface area contributed by atoms with Gasteiger partial charge in [0.05, 0.1) is 6.33 Å². The van der Waals surface area contributed by atoms with Crippen molar-refractivity contribution < 1.29 is 0 Å². The minimum absolute atomic E-state index is 0.580. The number of hydrogen-bond acceptors (Lipinski definition) is 3. The fourth-order valence-corrected chi connectivity index (χ4v) is 1.32. The van der Waals surface area contributed by atoms with Crippen LogP contribution in [0, 0.1) is 4.64 Å². The first-order valence-corrected chi connectivity index (χ1v) is 3.91. The number of nitrogens with zero attached hydrogens (tertiary/aromatic N) is 1. The van der Waals surface area contributed by atoms with Crippen molar-refractivity contribution >= 4 is 28.8 Å². The highest BCUT2D eigenvalue weighted by molar-refractivity contribution is 7.71. The van der Waals surface area contributed by atoms with Crippen LogP contribution < -0.4 is 5.73 Å². The summed E-state index contributed by atoms with van der Waals surface area (Å²) in [6, 6.07) is 5.54. The molecule has 0 atom stereocenters. The monoisotopic (exact) mass is 177 g/mol. The minimum Gasteiger partial charge on any atom is -0.399 e. The summed E-state index contributed by atoms with van der Waals surface area (Å²) in [5.41, 5.74) is 7.27. The van der Waals surface area contributed by atoms with Gasteiger partial charge in [0.1, 0.15) is 4.64 Å². The summed E-state index contributed by atoms with van der Waals surface area (Å²) in [6.45, 7) is 0. The molecule has 0 amide bonds. The van der Waals surface area contributed by atoms with Crippen LogP contribution in [0.5, 0.6) is 0 Å². The average Bonchev–Trinajstić information content (AvgIpc) is 2.07. The first-order chi connectivity index (χ1) is 5.77. The van der Waals surface area contributed by atoms with Gasteiger partial charge in [-0.3, -0.25) is 0 Å². The molecule has 0 bridgehead atoms. The topological polar surface area (TPSA) is 54.7 Å². The van der Waals surface area contributed by atoms with Gasteiger partial charge in [0.15, 0.2) is 0 Å². The average molecular weight is 177 g/mol. The second-order valence-corrected chi connectivity index (χ2v) is 2.90. The highest BCUT2D eigenvalue weighted by atomic mass is 32.1. The molecule has 0 saturated heterocycles. The molecule has 2 rings (SSSR count). The van der Waals surface area contributed by atoms with Crippen molar-refractivity contribution in [2.75, 3.05) is 5.73 Å². The predicted molar refractivity (Wildman–Crippen MR) is 51.3 cm³/mol. The molecule has 0 saturated carbocycles. The lowest BCUT2D eigenvalue weighted by atomic mass is 10.2. The van der Waals surface area contributed by atoms with E-state index in [0.717, 1.165) is 10.9 Å². The Labute approximate surface area is 74.3 Å². The van der Waals surface area contributed by atoms with Gasteiger partial charge < -0.3 is 10.7 Å². The van der Waals surface area contributed by atoms with Crippen molar-refractivity contribution in [2.24, 2.45) is 0 Å². The maximum atomic E-state index is 5.60. The van der Waals surface area contributed by atoms with E-state index in [1.807, 2.05) is 18.2 Å². The number of hydrogen-bond donors (Lipinski definition) is 2. The van der Waals surface area contributed by atoms with Crippen LogP contribution in [0.25, 0.3) is 10.9 Å². The van der Waals surface area contributed by atoms with Crippen molar-refractivity contribution in [3.63, 3.8) is 0 Å². The molecular formula is C8H7N3S. The van der Waals surface area contributed by atoms with Crippen LogP contribution in [0.2, 0.25) is 0 Å².